The molecule has 0 saturated heterocycles. The van der Waals surface area contributed by atoms with Gasteiger partial charge in [-0.15, -0.1) is 0 Å². The first-order chi connectivity index (χ1) is 11.0. The highest BCUT2D eigenvalue weighted by Crippen LogP contribution is 2.28. The van der Waals surface area contributed by atoms with Crippen LogP contribution in [0.3, 0.4) is 0 Å². The first kappa shape index (κ1) is 16.5. The predicted molar refractivity (Wildman–Crippen MR) is 86.6 cm³/mol. The van der Waals surface area contributed by atoms with E-state index in [0.29, 0.717) is 6.61 Å². The van der Waals surface area contributed by atoms with Gasteiger partial charge >= 0.3 is 5.69 Å². The van der Waals surface area contributed by atoms with Gasteiger partial charge in [-0.2, -0.15) is 0 Å². The topological polar surface area (TPSA) is 81.5 Å². The number of hydrogen-bond acceptors (Lipinski definition) is 4. The summed E-state index contributed by atoms with van der Waals surface area (Å²) in [5.74, 6) is -0.211. The molecule has 0 saturated carbocycles. The highest BCUT2D eigenvalue weighted by Gasteiger charge is 2.19. The van der Waals surface area contributed by atoms with E-state index in [4.69, 9.17) is 4.74 Å². The molecule has 23 heavy (non-hydrogen) atoms. The van der Waals surface area contributed by atoms with Gasteiger partial charge in [-0.3, -0.25) is 14.9 Å². The van der Waals surface area contributed by atoms with E-state index in [1.165, 1.54) is 18.2 Å². The number of nitro benzene ring substituents is 1. The Labute approximate surface area is 134 Å². The van der Waals surface area contributed by atoms with Crippen LogP contribution in [0.2, 0.25) is 0 Å². The van der Waals surface area contributed by atoms with Gasteiger partial charge in [0.25, 0.3) is 5.91 Å². The molecule has 0 aliphatic carbocycles. The maximum absolute atomic E-state index is 12.3. The summed E-state index contributed by atoms with van der Waals surface area (Å²) in [6.07, 6.45) is 0. The monoisotopic (exact) mass is 314 g/mol. The van der Waals surface area contributed by atoms with Crippen molar-refractivity contribution in [1.29, 1.82) is 0 Å². The van der Waals surface area contributed by atoms with Gasteiger partial charge in [0.1, 0.15) is 0 Å². The standard InChI is InChI=1S/C17H18N2O4/c1-3-23-16-10-9-14(11-15(16)19(21)22)17(20)18-12(2)13-7-5-4-6-8-13/h4-12H,3H2,1-2H3,(H,18,20)/t12-/m0/s1. The molecule has 2 aromatic rings. The van der Waals surface area contributed by atoms with E-state index in [0.717, 1.165) is 5.56 Å². The van der Waals surface area contributed by atoms with Gasteiger partial charge in [-0.05, 0) is 31.5 Å². The van der Waals surface area contributed by atoms with Crippen molar-refractivity contribution in [2.75, 3.05) is 6.61 Å². The lowest BCUT2D eigenvalue weighted by atomic mass is 10.1. The minimum absolute atomic E-state index is 0.158. The Morgan fingerprint density at radius 2 is 1.96 bits per heavy atom. The maximum Gasteiger partial charge on any atom is 0.311 e. The molecule has 1 amide bonds. The molecule has 2 aromatic carbocycles. The molecule has 0 aliphatic heterocycles. The Balaban J connectivity index is 2.19. The summed E-state index contributed by atoms with van der Waals surface area (Å²) in [7, 11) is 0. The van der Waals surface area contributed by atoms with Crippen molar-refractivity contribution in [2.45, 2.75) is 19.9 Å². The van der Waals surface area contributed by atoms with Crippen LogP contribution in [0.4, 0.5) is 5.69 Å². The third-order valence-electron chi connectivity index (χ3n) is 3.36. The van der Waals surface area contributed by atoms with Gasteiger partial charge in [-0.25, -0.2) is 0 Å². The molecule has 2 rings (SSSR count). The molecule has 0 radical (unpaired) electrons. The molecule has 0 spiro atoms. The minimum Gasteiger partial charge on any atom is -0.487 e. The van der Waals surface area contributed by atoms with Crippen LogP contribution in [-0.2, 0) is 0 Å². The Morgan fingerprint density at radius 3 is 2.57 bits per heavy atom. The lowest BCUT2D eigenvalue weighted by Gasteiger charge is -2.14. The number of hydrogen-bond donors (Lipinski definition) is 1. The van der Waals surface area contributed by atoms with Gasteiger partial charge in [0, 0.05) is 11.6 Å². The van der Waals surface area contributed by atoms with Crippen LogP contribution in [0.25, 0.3) is 0 Å². The van der Waals surface area contributed by atoms with Crippen molar-refractivity contribution in [1.82, 2.24) is 5.32 Å². The first-order valence-electron chi connectivity index (χ1n) is 7.30. The van der Waals surface area contributed by atoms with Crippen LogP contribution >= 0.6 is 0 Å². The average Bonchev–Trinajstić information content (AvgIpc) is 2.56. The Kier molecular flexibility index (Phi) is 5.30. The number of ether oxygens (including phenoxy) is 1. The molecule has 0 heterocycles. The Hall–Kier alpha value is -2.89. The van der Waals surface area contributed by atoms with Gasteiger partial charge in [0.2, 0.25) is 0 Å². The zero-order valence-electron chi connectivity index (χ0n) is 13.0. The number of nitrogens with one attached hydrogen (secondary N) is 1. The van der Waals surface area contributed by atoms with Crippen molar-refractivity contribution in [3.63, 3.8) is 0 Å². The van der Waals surface area contributed by atoms with E-state index in [9.17, 15) is 14.9 Å². The largest absolute Gasteiger partial charge is 0.487 e. The molecule has 1 N–H and O–H groups in total. The van der Waals surface area contributed by atoms with Gasteiger partial charge in [-0.1, -0.05) is 30.3 Å². The van der Waals surface area contributed by atoms with Gasteiger partial charge in [0.05, 0.1) is 17.6 Å². The molecule has 0 aliphatic rings. The highest BCUT2D eigenvalue weighted by atomic mass is 16.6. The number of nitrogens with zero attached hydrogens (tertiary/aromatic N) is 1. The fourth-order valence-corrected chi connectivity index (χ4v) is 2.18. The smallest absolute Gasteiger partial charge is 0.311 e. The van der Waals surface area contributed by atoms with Crippen LogP contribution in [-0.4, -0.2) is 17.4 Å². The van der Waals surface area contributed by atoms with Crippen LogP contribution in [0, 0.1) is 10.1 Å². The quantitative estimate of drug-likeness (QED) is 0.653. The molecule has 120 valence electrons. The lowest BCUT2D eigenvalue weighted by molar-refractivity contribution is -0.385. The molecule has 6 nitrogen and oxygen atoms in total. The zero-order chi connectivity index (χ0) is 16.8. The fourth-order valence-electron chi connectivity index (χ4n) is 2.18. The van der Waals surface area contributed by atoms with Crippen LogP contribution < -0.4 is 10.1 Å². The number of benzene rings is 2. The molecule has 0 unspecified atom stereocenters. The summed E-state index contributed by atoms with van der Waals surface area (Å²) < 4.78 is 5.21. The maximum atomic E-state index is 12.3. The van der Waals surface area contributed by atoms with Crippen LogP contribution in [0.5, 0.6) is 5.75 Å². The summed E-state index contributed by atoms with van der Waals surface area (Å²) in [6.45, 7) is 3.92. The summed E-state index contributed by atoms with van der Waals surface area (Å²) in [5.41, 5.74) is 0.969. The second-order valence-electron chi connectivity index (χ2n) is 4.98. The summed E-state index contributed by atoms with van der Waals surface area (Å²) in [5, 5.41) is 13.9. The average molecular weight is 314 g/mol. The van der Waals surface area contributed by atoms with Crippen LogP contribution in [0.1, 0.15) is 35.8 Å². The van der Waals surface area contributed by atoms with E-state index in [1.807, 2.05) is 37.3 Å². The molecule has 1 atom stereocenters. The second kappa shape index (κ2) is 7.40. The van der Waals surface area contributed by atoms with Gasteiger partial charge in [0.15, 0.2) is 5.75 Å². The van der Waals surface area contributed by atoms with Crippen molar-refractivity contribution in [3.8, 4) is 5.75 Å². The molecular weight excluding hydrogens is 296 g/mol. The van der Waals surface area contributed by atoms with E-state index >= 15 is 0 Å². The first-order valence-corrected chi connectivity index (χ1v) is 7.30. The van der Waals surface area contributed by atoms with Crippen LogP contribution in [0.15, 0.2) is 48.5 Å². The molecule has 0 fully saturated rings. The SMILES string of the molecule is CCOc1ccc(C(=O)N[C@@H](C)c2ccccc2)cc1[N+](=O)[O-]. The van der Waals surface area contributed by atoms with Crippen molar-refractivity contribution < 1.29 is 14.5 Å². The summed E-state index contributed by atoms with van der Waals surface area (Å²) >= 11 is 0. The minimum atomic E-state index is -0.553. The Morgan fingerprint density at radius 1 is 1.26 bits per heavy atom. The second-order valence-corrected chi connectivity index (χ2v) is 4.98. The number of nitro groups is 1. The molecule has 0 aromatic heterocycles. The van der Waals surface area contributed by atoms with E-state index in [2.05, 4.69) is 5.32 Å². The molecular formula is C17H18N2O4. The number of carbonyl (C=O) groups is 1. The lowest BCUT2D eigenvalue weighted by Crippen LogP contribution is -2.26. The van der Waals surface area contributed by atoms with Crippen molar-refractivity contribution in [2.24, 2.45) is 0 Å². The van der Waals surface area contributed by atoms with E-state index in [-0.39, 0.29) is 28.9 Å². The van der Waals surface area contributed by atoms with Crippen molar-refractivity contribution >= 4 is 11.6 Å². The number of carbonyl (C=O) groups excluding carboxylic acids is 1. The summed E-state index contributed by atoms with van der Waals surface area (Å²) in [4.78, 5) is 22.9. The number of rotatable bonds is 6. The summed E-state index contributed by atoms with van der Waals surface area (Å²) in [6, 6.07) is 13.5. The van der Waals surface area contributed by atoms with Crippen molar-refractivity contribution in [3.05, 3.63) is 69.8 Å². The van der Waals surface area contributed by atoms with E-state index < -0.39 is 4.92 Å². The Bertz CT molecular complexity index is 701. The third-order valence-corrected chi connectivity index (χ3v) is 3.36. The molecule has 0 bridgehead atoms. The fraction of sp³-hybridized carbons (Fsp3) is 0.235. The highest BCUT2D eigenvalue weighted by molar-refractivity contribution is 5.95. The molecule has 6 heteroatoms. The zero-order valence-corrected chi connectivity index (χ0v) is 13.0. The van der Waals surface area contributed by atoms with Gasteiger partial charge < -0.3 is 10.1 Å². The predicted octanol–water partition coefficient (Wildman–Crippen LogP) is 3.48. The normalized spacial score (nSPS) is 11.6. The third kappa shape index (κ3) is 4.06. The van der Waals surface area contributed by atoms with E-state index in [1.54, 1.807) is 6.92 Å². The number of amides is 1.